The molecular weight excluding hydrogens is 371 g/mol. The van der Waals surface area contributed by atoms with Gasteiger partial charge in [-0.05, 0) is 63.0 Å². The third-order valence-corrected chi connectivity index (χ3v) is 4.43. The van der Waals surface area contributed by atoms with E-state index in [2.05, 4.69) is 94.7 Å². The SMILES string of the molecule is NNC(Cc1cccc2ccccc12)c1cccc(I)c1. The molecule has 0 aliphatic heterocycles. The topological polar surface area (TPSA) is 38.0 Å². The van der Waals surface area contributed by atoms with Crippen LogP contribution in [0.1, 0.15) is 17.2 Å². The number of hydrogen-bond acceptors (Lipinski definition) is 2. The van der Waals surface area contributed by atoms with Crippen molar-refractivity contribution in [3.8, 4) is 0 Å². The van der Waals surface area contributed by atoms with Gasteiger partial charge in [0.25, 0.3) is 0 Å². The van der Waals surface area contributed by atoms with Crippen LogP contribution in [-0.2, 0) is 6.42 Å². The van der Waals surface area contributed by atoms with Gasteiger partial charge in [-0.2, -0.15) is 0 Å². The van der Waals surface area contributed by atoms with E-state index >= 15 is 0 Å². The highest BCUT2D eigenvalue weighted by Crippen LogP contribution is 2.25. The van der Waals surface area contributed by atoms with Gasteiger partial charge >= 0.3 is 0 Å². The Morgan fingerprint density at radius 1 is 0.952 bits per heavy atom. The van der Waals surface area contributed by atoms with E-state index < -0.39 is 0 Å². The minimum absolute atomic E-state index is 0.116. The zero-order valence-electron chi connectivity index (χ0n) is 11.6. The quantitative estimate of drug-likeness (QED) is 0.400. The largest absolute Gasteiger partial charge is 0.271 e. The molecule has 3 N–H and O–H groups in total. The molecular formula is C18H17IN2. The molecule has 2 nitrogen and oxygen atoms in total. The van der Waals surface area contributed by atoms with Gasteiger partial charge in [0.15, 0.2) is 0 Å². The van der Waals surface area contributed by atoms with Gasteiger partial charge in [-0.25, -0.2) is 0 Å². The highest BCUT2D eigenvalue weighted by molar-refractivity contribution is 14.1. The van der Waals surface area contributed by atoms with Gasteiger partial charge in [-0.3, -0.25) is 11.3 Å². The van der Waals surface area contributed by atoms with E-state index in [0.717, 1.165) is 6.42 Å². The van der Waals surface area contributed by atoms with E-state index in [-0.39, 0.29) is 6.04 Å². The Morgan fingerprint density at radius 3 is 2.52 bits per heavy atom. The molecule has 0 aliphatic rings. The lowest BCUT2D eigenvalue weighted by Gasteiger charge is -2.18. The number of hydrogen-bond donors (Lipinski definition) is 2. The summed E-state index contributed by atoms with van der Waals surface area (Å²) < 4.78 is 1.23. The molecule has 0 saturated heterocycles. The Labute approximate surface area is 138 Å². The predicted molar refractivity (Wildman–Crippen MR) is 96.9 cm³/mol. The Bertz CT molecular complexity index is 750. The van der Waals surface area contributed by atoms with Crippen LogP contribution in [0.3, 0.4) is 0 Å². The highest BCUT2D eigenvalue weighted by Gasteiger charge is 2.12. The highest BCUT2D eigenvalue weighted by atomic mass is 127. The van der Waals surface area contributed by atoms with Crippen LogP contribution in [0.25, 0.3) is 10.8 Å². The van der Waals surface area contributed by atoms with Crippen molar-refractivity contribution in [2.24, 2.45) is 5.84 Å². The number of fused-ring (bicyclic) bond motifs is 1. The third kappa shape index (κ3) is 3.26. The minimum atomic E-state index is 0.116. The van der Waals surface area contributed by atoms with E-state index in [0.29, 0.717) is 0 Å². The van der Waals surface area contributed by atoms with Crippen molar-refractivity contribution in [3.05, 3.63) is 81.4 Å². The lowest BCUT2D eigenvalue weighted by molar-refractivity contribution is 0.553. The van der Waals surface area contributed by atoms with Crippen molar-refractivity contribution in [2.45, 2.75) is 12.5 Å². The smallest absolute Gasteiger partial charge is 0.0500 e. The standard InChI is InChI=1S/C18H17IN2/c19-16-9-4-8-15(11-16)18(21-20)12-14-7-3-6-13-5-1-2-10-17(13)14/h1-11,18,21H,12,20H2. The van der Waals surface area contributed by atoms with Gasteiger partial charge in [0.2, 0.25) is 0 Å². The van der Waals surface area contributed by atoms with Crippen LogP contribution < -0.4 is 11.3 Å². The summed E-state index contributed by atoms with van der Waals surface area (Å²) in [5, 5.41) is 2.57. The Kier molecular flexibility index (Phi) is 4.53. The van der Waals surface area contributed by atoms with E-state index in [1.165, 1.54) is 25.5 Å². The second-order valence-corrected chi connectivity index (χ2v) is 6.36. The molecule has 3 aromatic rings. The average molecular weight is 388 g/mol. The van der Waals surface area contributed by atoms with Gasteiger partial charge in [0.1, 0.15) is 0 Å². The lowest BCUT2D eigenvalue weighted by atomic mass is 9.95. The Hall–Kier alpha value is -1.43. The van der Waals surface area contributed by atoms with Crippen molar-refractivity contribution in [1.82, 2.24) is 5.43 Å². The first-order valence-corrected chi connectivity index (χ1v) is 8.04. The van der Waals surface area contributed by atoms with E-state index in [4.69, 9.17) is 5.84 Å². The Morgan fingerprint density at radius 2 is 1.71 bits per heavy atom. The second kappa shape index (κ2) is 6.56. The van der Waals surface area contributed by atoms with Crippen LogP contribution in [0.2, 0.25) is 0 Å². The summed E-state index contributed by atoms with van der Waals surface area (Å²) in [4.78, 5) is 0. The number of benzene rings is 3. The maximum Gasteiger partial charge on any atom is 0.0500 e. The van der Waals surface area contributed by atoms with Crippen LogP contribution in [-0.4, -0.2) is 0 Å². The molecule has 0 aromatic heterocycles. The monoisotopic (exact) mass is 388 g/mol. The molecule has 1 atom stereocenters. The van der Waals surface area contributed by atoms with E-state index in [1.807, 2.05) is 0 Å². The van der Waals surface area contributed by atoms with E-state index in [1.54, 1.807) is 0 Å². The van der Waals surface area contributed by atoms with Gasteiger partial charge in [-0.15, -0.1) is 0 Å². The first kappa shape index (κ1) is 14.5. The van der Waals surface area contributed by atoms with Crippen molar-refractivity contribution in [3.63, 3.8) is 0 Å². The van der Waals surface area contributed by atoms with Gasteiger partial charge < -0.3 is 0 Å². The predicted octanol–water partition coefficient (Wildman–Crippen LogP) is 4.19. The fourth-order valence-corrected chi connectivity index (χ4v) is 3.25. The molecule has 1 unspecified atom stereocenters. The number of nitrogens with two attached hydrogens (primary N) is 1. The maximum atomic E-state index is 5.79. The summed E-state index contributed by atoms with van der Waals surface area (Å²) in [6, 6.07) is 23.5. The van der Waals surface area contributed by atoms with Crippen molar-refractivity contribution < 1.29 is 0 Å². The lowest BCUT2D eigenvalue weighted by Crippen LogP contribution is -2.29. The number of rotatable bonds is 4. The summed E-state index contributed by atoms with van der Waals surface area (Å²) >= 11 is 2.33. The zero-order valence-corrected chi connectivity index (χ0v) is 13.7. The van der Waals surface area contributed by atoms with Crippen molar-refractivity contribution >= 4 is 33.4 Å². The first-order chi connectivity index (χ1) is 10.3. The molecule has 106 valence electrons. The first-order valence-electron chi connectivity index (χ1n) is 6.96. The van der Waals surface area contributed by atoms with Crippen LogP contribution in [0, 0.1) is 3.57 Å². The fraction of sp³-hybridized carbons (Fsp3) is 0.111. The van der Waals surface area contributed by atoms with Gasteiger partial charge in [0, 0.05) is 3.57 Å². The summed E-state index contributed by atoms with van der Waals surface area (Å²) in [6.45, 7) is 0. The van der Waals surface area contributed by atoms with Crippen LogP contribution in [0.4, 0.5) is 0 Å². The van der Waals surface area contributed by atoms with Gasteiger partial charge in [0.05, 0.1) is 6.04 Å². The molecule has 0 radical (unpaired) electrons. The minimum Gasteiger partial charge on any atom is -0.271 e. The summed E-state index contributed by atoms with van der Waals surface area (Å²) in [7, 11) is 0. The number of nitrogens with one attached hydrogen (secondary N) is 1. The molecule has 3 aromatic carbocycles. The normalized spacial score (nSPS) is 12.5. The average Bonchev–Trinajstić information content (AvgIpc) is 2.52. The molecule has 0 heterocycles. The molecule has 0 fully saturated rings. The van der Waals surface area contributed by atoms with E-state index in [9.17, 15) is 0 Å². The Balaban J connectivity index is 1.96. The maximum absolute atomic E-state index is 5.79. The van der Waals surface area contributed by atoms with Crippen LogP contribution >= 0.6 is 22.6 Å². The summed E-state index contributed by atoms with van der Waals surface area (Å²) in [5.41, 5.74) is 5.49. The summed E-state index contributed by atoms with van der Waals surface area (Å²) in [6.07, 6.45) is 0.873. The van der Waals surface area contributed by atoms with Gasteiger partial charge in [-0.1, -0.05) is 54.6 Å². The van der Waals surface area contributed by atoms with Crippen molar-refractivity contribution in [2.75, 3.05) is 0 Å². The molecule has 3 rings (SSSR count). The fourth-order valence-electron chi connectivity index (χ4n) is 2.69. The molecule has 0 aliphatic carbocycles. The number of hydrazine groups is 1. The number of halogens is 1. The zero-order chi connectivity index (χ0) is 14.7. The van der Waals surface area contributed by atoms with Crippen molar-refractivity contribution in [1.29, 1.82) is 0 Å². The molecule has 21 heavy (non-hydrogen) atoms. The van der Waals surface area contributed by atoms with Crippen LogP contribution in [0.5, 0.6) is 0 Å². The molecule has 0 spiro atoms. The molecule has 3 heteroatoms. The molecule has 0 bridgehead atoms. The molecule has 0 amide bonds. The summed E-state index contributed by atoms with van der Waals surface area (Å²) in [5.74, 6) is 5.79. The second-order valence-electron chi connectivity index (χ2n) is 5.12. The molecule has 0 saturated carbocycles. The third-order valence-electron chi connectivity index (χ3n) is 3.76. The van der Waals surface area contributed by atoms with Crippen LogP contribution in [0.15, 0.2) is 66.7 Å².